The molecule has 0 aliphatic carbocycles. The van der Waals surface area contributed by atoms with Gasteiger partial charge in [-0.3, -0.25) is 0 Å². The van der Waals surface area contributed by atoms with Crippen molar-refractivity contribution in [1.29, 1.82) is 0 Å². The highest BCUT2D eigenvalue weighted by Crippen LogP contribution is 2.27. The van der Waals surface area contributed by atoms with E-state index in [1.807, 2.05) is 42.5 Å². The Morgan fingerprint density at radius 1 is 1.04 bits per heavy atom. The summed E-state index contributed by atoms with van der Waals surface area (Å²) in [5.74, 6) is 0. The monoisotopic (exact) mass is 366 g/mol. The summed E-state index contributed by atoms with van der Waals surface area (Å²) in [5, 5.41) is 3.34. The Bertz CT molecular complexity index is 766. The van der Waals surface area contributed by atoms with Gasteiger partial charge in [0.25, 0.3) is 0 Å². The Kier molecular flexibility index (Phi) is 6.40. The third kappa shape index (κ3) is 4.36. The van der Waals surface area contributed by atoms with Crippen LogP contribution in [0.15, 0.2) is 59.5 Å². The Morgan fingerprint density at radius 2 is 1.71 bits per heavy atom. The normalized spacial score (nSPS) is 21.0. The van der Waals surface area contributed by atoms with E-state index in [2.05, 4.69) is 17.0 Å². The number of benzene rings is 2. The standard InChI is InChI=1S/C18H22N2O2S.ClH/c1-14-13-16(11-12-19-14)20-23(21,22)18-10-6-5-9-17(18)15-7-3-2-4-8-15;/h2-10,14,16,19-20H,11-13H2,1H3;1H. The van der Waals surface area contributed by atoms with E-state index in [9.17, 15) is 8.42 Å². The number of hydrogen-bond donors (Lipinski definition) is 2. The van der Waals surface area contributed by atoms with E-state index in [-0.39, 0.29) is 18.4 Å². The minimum absolute atomic E-state index is 0. The fourth-order valence-electron chi connectivity index (χ4n) is 3.08. The first-order valence-electron chi connectivity index (χ1n) is 7.96. The molecule has 1 aliphatic heterocycles. The van der Waals surface area contributed by atoms with Gasteiger partial charge in [0.2, 0.25) is 10.0 Å². The van der Waals surface area contributed by atoms with Crippen LogP contribution < -0.4 is 10.0 Å². The third-order valence-electron chi connectivity index (χ3n) is 4.21. The molecule has 0 bridgehead atoms. The molecule has 2 aromatic carbocycles. The maximum absolute atomic E-state index is 12.9. The van der Waals surface area contributed by atoms with Crippen molar-refractivity contribution in [2.75, 3.05) is 6.54 Å². The molecular weight excluding hydrogens is 344 g/mol. The van der Waals surface area contributed by atoms with Crippen LogP contribution in [-0.2, 0) is 10.0 Å². The molecule has 2 unspecified atom stereocenters. The first-order chi connectivity index (χ1) is 11.1. The van der Waals surface area contributed by atoms with Crippen LogP contribution in [0.5, 0.6) is 0 Å². The quantitative estimate of drug-likeness (QED) is 0.873. The first kappa shape index (κ1) is 18.9. The predicted octanol–water partition coefficient (Wildman–Crippen LogP) is 3.19. The summed E-state index contributed by atoms with van der Waals surface area (Å²) in [6, 6.07) is 17.1. The zero-order valence-corrected chi connectivity index (χ0v) is 15.2. The van der Waals surface area contributed by atoms with Gasteiger partial charge in [-0.15, -0.1) is 12.4 Å². The van der Waals surface area contributed by atoms with Gasteiger partial charge >= 0.3 is 0 Å². The fraction of sp³-hybridized carbons (Fsp3) is 0.333. The number of rotatable bonds is 4. The number of halogens is 1. The second-order valence-electron chi connectivity index (χ2n) is 6.06. The molecule has 2 atom stereocenters. The SMILES string of the molecule is CC1CC(NS(=O)(=O)c2ccccc2-c2ccccc2)CCN1.Cl. The van der Waals surface area contributed by atoms with Crippen molar-refractivity contribution < 1.29 is 8.42 Å². The predicted molar refractivity (Wildman–Crippen MR) is 99.9 cm³/mol. The minimum Gasteiger partial charge on any atom is -0.314 e. The van der Waals surface area contributed by atoms with Crippen molar-refractivity contribution in [3.05, 3.63) is 54.6 Å². The molecule has 1 saturated heterocycles. The van der Waals surface area contributed by atoms with E-state index in [1.54, 1.807) is 12.1 Å². The molecule has 0 radical (unpaired) electrons. The van der Waals surface area contributed by atoms with Crippen molar-refractivity contribution in [3.8, 4) is 11.1 Å². The van der Waals surface area contributed by atoms with E-state index in [1.165, 1.54) is 0 Å². The average Bonchev–Trinajstić information content (AvgIpc) is 2.55. The van der Waals surface area contributed by atoms with Gasteiger partial charge in [-0.2, -0.15) is 0 Å². The molecule has 0 spiro atoms. The summed E-state index contributed by atoms with van der Waals surface area (Å²) in [6.07, 6.45) is 1.63. The second kappa shape index (κ2) is 8.12. The summed E-state index contributed by atoms with van der Waals surface area (Å²) >= 11 is 0. The smallest absolute Gasteiger partial charge is 0.241 e. The Balaban J connectivity index is 0.00000208. The lowest BCUT2D eigenvalue weighted by atomic mass is 10.0. The van der Waals surface area contributed by atoms with E-state index in [4.69, 9.17) is 0 Å². The van der Waals surface area contributed by atoms with Crippen LogP contribution in [0.2, 0.25) is 0 Å². The van der Waals surface area contributed by atoms with E-state index >= 15 is 0 Å². The molecule has 0 saturated carbocycles. The van der Waals surface area contributed by atoms with Crippen molar-refractivity contribution in [2.24, 2.45) is 0 Å². The lowest BCUT2D eigenvalue weighted by Gasteiger charge is -2.28. The van der Waals surface area contributed by atoms with Crippen LogP contribution in [0.1, 0.15) is 19.8 Å². The lowest BCUT2D eigenvalue weighted by Crippen LogP contribution is -2.46. The van der Waals surface area contributed by atoms with Gasteiger partial charge in [0, 0.05) is 17.6 Å². The Hall–Kier alpha value is -1.40. The fourth-order valence-corrected chi connectivity index (χ4v) is 4.59. The summed E-state index contributed by atoms with van der Waals surface area (Å²) < 4.78 is 28.6. The molecule has 130 valence electrons. The molecule has 1 aliphatic rings. The molecule has 4 nitrogen and oxygen atoms in total. The van der Waals surface area contributed by atoms with Crippen LogP contribution in [0.3, 0.4) is 0 Å². The summed E-state index contributed by atoms with van der Waals surface area (Å²) in [7, 11) is -3.54. The number of hydrogen-bond acceptors (Lipinski definition) is 3. The average molecular weight is 367 g/mol. The summed E-state index contributed by atoms with van der Waals surface area (Å²) in [5.41, 5.74) is 1.65. The van der Waals surface area contributed by atoms with Crippen LogP contribution >= 0.6 is 12.4 Å². The molecule has 0 amide bonds. The molecule has 0 aromatic heterocycles. The van der Waals surface area contributed by atoms with Gasteiger partial charge in [0.15, 0.2) is 0 Å². The summed E-state index contributed by atoms with van der Waals surface area (Å²) in [6.45, 7) is 2.92. The van der Waals surface area contributed by atoms with Crippen LogP contribution in [0, 0.1) is 0 Å². The highest BCUT2D eigenvalue weighted by atomic mass is 35.5. The molecule has 24 heavy (non-hydrogen) atoms. The minimum atomic E-state index is -3.54. The Labute approximate surface area is 150 Å². The molecule has 1 heterocycles. The number of nitrogens with one attached hydrogen (secondary N) is 2. The van der Waals surface area contributed by atoms with Crippen LogP contribution in [0.25, 0.3) is 11.1 Å². The number of piperidine rings is 1. The van der Waals surface area contributed by atoms with Crippen LogP contribution in [0.4, 0.5) is 0 Å². The Morgan fingerprint density at radius 3 is 2.42 bits per heavy atom. The first-order valence-corrected chi connectivity index (χ1v) is 9.45. The highest BCUT2D eigenvalue weighted by Gasteiger charge is 2.26. The molecule has 3 rings (SSSR count). The van der Waals surface area contributed by atoms with Crippen molar-refractivity contribution in [2.45, 2.75) is 36.7 Å². The van der Waals surface area contributed by atoms with Gasteiger partial charge in [-0.25, -0.2) is 13.1 Å². The van der Waals surface area contributed by atoms with Crippen LogP contribution in [-0.4, -0.2) is 27.0 Å². The third-order valence-corrected chi connectivity index (χ3v) is 5.79. The highest BCUT2D eigenvalue weighted by molar-refractivity contribution is 7.89. The second-order valence-corrected chi connectivity index (χ2v) is 7.74. The molecule has 2 aromatic rings. The van der Waals surface area contributed by atoms with Crippen molar-refractivity contribution >= 4 is 22.4 Å². The topological polar surface area (TPSA) is 58.2 Å². The zero-order valence-electron chi connectivity index (χ0n) is 13.6. The van der Waals surface area contributed by atoms with Crippen molar-refractivity contribution in [1.82, 2.24) is 10.0 Å². The van der Waals surface area contributed by atoms with Gasteiger partial charge in [-0.05, 0) is 37.9 Å². The number of sulfonamides is 1. The molecule has 2 N–H and O–H groups in total. The maximum Gasteiger partial charge on any atom is 0.241 e. The summed E-state index contributed by atoms with van der Waals surface area (Å²) in [4.78, 5) is 0.345. The van der Waals surface area contributed by atoms with E-state index < -0.39 is 10.0 Å². The van der Waals surface area contributed by atoms with Gasteiger partial charge < -0.3 is 5.32 Å². The zero-order chi connectivity index (χ0) is 16.3. The van der Waals surface area contributed by atoms with Gasteiger partial charge in [0.1, 0.15) is 0 Å². The van der Waals surface area contributed by atoms with Gasteiger partial charge in [0.05, 0.1) is 4.90 Å². The molecule has 6 heteroatoms. The largest absolute Gasteiger partial charge is 0.314 e. The molecule has 1 fully saturated rings. The van der Waals surface area contributed by atoms with Crippen molar-refractivity contribution in [3.63, 3.8) is 0 Å². The van der Waals surface area contributed by atoms with E-state index in [0.717, 1.165) is 30.5 Å². The van der Waals surface area contributed by atoms with Gasteiger partial charge in [-0.1, -0.05) is 48.5 Å². The lowest BCUT2D eigenvalue weighted by molar-refractivity contribution is 0.361. The van der Waals surface area contributed by atoms with E-state index in [0.29, 0.717) is 10.9 Å². The maximum atomic E-state index is 12.9. The molecular formula is C18H23ClN2O2S.